The monoisotopic (exact) mass is 420 g/mol. The van der Waals surface area contributed by atoms with Crippen LogP contribution >= 0.6 is 0 Å². The van der Waals surface area contributed by atoms with E-state index >= 15 is 4.39 Å². The summed E-state index contributed by atoms with van der Waals surface area (Å²) >= 11 is 0. The van der Waals surface area contributed by atoms with Crippen molar-refractivity contribution in [3.8, 4) is 29.1 Å². The topological polar surface area (TPSA) is 106 Å². The van der Waals surface area contributed by atoms with Gasteiger partial charge in [0.1, 0.15) is 23.6 Å². The maximum absolute atomic E-state index is 15.2. The molecule has 8 nitrogen and oxygen atoms in total. The molecule has 0 aromatic carbocycles. The van der Waals surface area contributed by atoms with Crippen LogP contribution in [0.25, 0.3) is 11.5 Å². The number of halogens is 1. The molecule has 0 N–H and O–H groups in total. The van der Waals surface area contributed by atoms with E-state index in [2.05, 4.69) is 20.1 Å². The molecule has 0 unspecified atom stereocenters. The molecule has 0 atom stereocenters. The fourth-order valence-corrected chi connectivity index (χ4v) is 3.45. The smallest absolute Gasteiger partial charge is 0.856 e. The van der Waals surface area contributed by atoms with E-state index < -0.39 is 11.5 Å². The summed E-state index contributed by atoms with van der Waals surface area (Å²) in [6.45, 7) is 0. The molecular formula is C20H18FN4NaO4. The molecule has 3 aromatic rings. The minimum atomic E-state index is -1.47. The van der Waals surface area contributed by atoms with Gasteiger partial charge in [-0.2, -0.15) is 0 Å². The minimum absolute atomic E-state index is 0. The Bertz CT molecular complexity index is 1010. The van der Waals surface area contributed by atoms with Gasteiger partial charge in [-0.15, -0.1) is 0 Å². The van der Waals surface area contributed by atoms with E-state index in [1.807, 2.05) is 0 Å². The Balaban J connectivity index is 0.00000218. The first kappa shape index (κ1) is 21.0. The summed E-state index contributed by atoms with van der Waals surface area (Å²) < 4.78 is 31.6. The average Bonchev–Trinajstić information content (AvgIpc) is 3.10. The number of nitrogens with zero attached hydrogens (tertiary/aromatic N) is 4. The largest absolute Gasteiger partial charge is 1.00 e. The molecule has 0 bridgehead atoms. The molecule has 2 aliphatic rings. The molecular weight excluding hydrogens is 402 g/mol. The van der Waals surface area contributed by atoms with Crippen molar-refractivity contribution in [2.75, 3.05) is 0 Å². The van der Waals surface area contributed by atoms with Crippen molar-refractivity contribution >= 4 is 0 Å². The zero-order valence-electron chi connectivity index (χ0n) is 16.5. The van der Waals surface area contributed by atoms with Crippen molar-refractivity contribution in [3.05, 3.63) is 42.4 Å². The average molecular weight is 420 g/mol. The van der Waals surface area contributed by atoms with Crippen molar-refractivity contribution in [2.45, 2.75) is 50.0 Å². The first-order valence-electron chi connectivity index (χ1n) is 9.52. The van der Waals surface area contributed by atoms with Crippen LogP contribution in [0.2, 0.25) is 0 Å². The molecule has 0 radical (unpaired) electrons. The third-order valence-corrected chi connectivity index (χ3v) is 5.35. The molecule has 3 aromatic heterocycles. The summed E-state index contributed by atoms with van der Waals surface area (Å²) in [5.41, 5.74) is -0.540. The predicted octanol–water partition coefficient (Wildman–Crippen LogP) is -0.0583. The molecule has 0 aliphatic heterocycles. The van der Waals surface area contributed by atoms with Gasteiger partial charge in [-0.3, -0.25) is 0 Å². The van der Waals surface area contributed by atoms with Gasteiger partial charge in [0, 0.05) is 37.1 Å². The number of ether oxygens (including phenoxy) is 2. The number of hydrogen-bond acceptors (Lipinski definition) is 8. The fourth-order valence-electron chi connectivity index (χ4n) is 3.45. The van der Waals surface area contributed by atoms with Crippen LogP contribution in [0.3, 0.4) is 0 Å². The quantitative estimate of drug-likeness (QED) is 0.511. The maximum Gasteiger partial charge on any atom is 1.00 e. The van der Waals surface area contributed by atoms with Crippen molar-refractivity contribution in [3.63, 3.8) is 0 Å². The summed E-state index contributed by atoms with van der Waals surface area (Å²) in [4.78, 5) is 12.5. The number of hydrogen-bond donors (Lipinski definition) is 0. The van der Waals surface area contributed by atoms with Crippen LogP contribution in [-0.2, 0) is 5.67 Å². The number of rotatable bonds is 6. The van der Waals surface area contributed by atoms with Gasteiger partial charge in [0.05, 0.1) is 12.4 Å². The molecule has 3 heterocycles. The molecule has 2 fully saturated rings. The Morgan fingerprint density at radius 2 is 1.83 bits per heavy atom. The molecule has 30 heavy (non-hydrogen) atoms. The molecule has 2 aliphatic carbocycles. The molecule has 2 saturated carbocycles. The van der Waals surface area contributed by atoms with Crippen LogP contribution in [0.15, 0.2) is 41.3 Å². The van der Waals surface area contributed by atoms with Gasteiger partial charge in [0.2, 0.25) is 11.8 Å². The first-order valence-corrected chi connectivity index (χ1v) is 9.52. The number of aromatic nitrogens is 4. The van der Waals surface area contributed by atoms with E-state index in [0.29, 0.717) is 17.1 Å². The van der Waals surface area contributed by atoms with Gasteiger partial charge < -0.3 is 19.1 Å². The van der Waals surface area contributed by atoms with E-state index in [4.69, 9.17) is 14.0 Å². The van der Waals surface area contributed by atoms with Crippen LogP contribution in [-0.4, -0.2) is 32.3 Å². The van der Waals surface area contributed by atoms with Gasteiger partial charge in [-0.25, -0.2) is 19.3 Å². The zero-order chi connectivity index (χ0) is 19.8. The van der Waals surface area contributed by atoms with Gasteiger partial charge in [-0.1, -0.05) is 5.16 Å². The molecule has 0 spiro atoms. The molecule has 0 amide bonds. The Labute approximate surface area is 194 Å². The standard InChI is InChI=1S/C20H19FN4O4.Na/c21-20(12-4-5-22-18(6-12)27-13-2-1-3-13)8-14(9-20)28-19-11-23-15(10-24-19)16-7-17(26)25-29-16;/h4-7,10-11,13-14H,1-3,8-9H2,(H,25,26);/q;+1/p-1. The summed E-state index contributed by atoms with van der Waals surface area (Å²) in [7, 11) is 0. The van der Waals surface area contributed by atoms with Gasteiger partial charge in [0.25, 0.3) is 0 Å². The van der Waals surface area contributed by atoms with Crippen LogP contribution in [0, 0.1) is 0 Å². The van der Waals surface area contributed by atoms with Crippen molar-refractivity contribution in [1.82, 2.24) is 20.1 Å². The summed E-state index contributed by atoms with van der Waals surface area (Å²) in [5, 5.41) is 14.3. The Hall–Kier alpha value is -2.23. The van der Waals surface area contributed by atoms with Gasteiger partial charge in [-0.05, 0) is 30.9 Å². The second-order valence-electron chi connectivity index (χ2n) is 7.44. The fraction of sp³-hybridized carbons (Fsp3) is 0.400. The normalized spacial score (nSPS) is 23.0. The Morgan fingerprint density at radius 3 is 2.47 bits per heavy atom. The maximum atomic E-state index is 15.2. The number of alkyl halides is 1. The summed E-state index contributed by atoms with van der Waals surface area (Å²) in [6.07, 6.45) is 7.95. The van der Waals surface area contributed by atoms with Crippen LogP contribution < -0.4 is 44.1 Å². The summed E-state index contributed by atoms with van der Waals surface area (Å²) in [5.74, 6) is 0.515. The molecule has 0 saturated heterocycles. The van der Waals surface area contributed by atoms with Crippen molar-refractivity contribution < 1.29 is 53.1 Å². The zero-order valence-corrected chi connectivity index (χ0v) is 18.5. The third kappa shape index (κ3) is 4.28. The van der Waals surface area contributed by atoms with Crippen LogP contribution in [0.5, 0.6) is 17.6 Å². The number of pyridine rings is 1. The van der Waals surface area contributed by atoms with E-state index in [9.17, 15) is 5.11 Å². The van der Waals surface area contributed by atoms with Gasteiger partial charge in [0.15, 0.2) is 5.76 Å². The van der Waals surface area contributed by atoms with E-state index in [1.54, 1.807) is 18.3 Å². The van der Waals surface area contributed by atoms with E-state index in [1.165, 1.54) is 24.9 Å². The predicted molar refractivity (Wildman–Crippen MR) is 95.9 cm³/mol. The second-order valence-corrected chi connectivity index (χ2v) is 7.44. The van der Waals surface area contributed by atoms with Gasteiger partial charge >= 0.3 is 29.6 Å². The minimum Gasteiger partial charge on any atom is -0.856 e. The molecule has 150 valence electrons. The Kier molecular flexibility index (Phi) is 5.95. The summed E-state index contributed by atoms with van der Waals surface area (Å²) in [6, 6.07) is 4.59. The van der Waals surface area contributed by atoms with Crippen LogP contribution in [0.4, 0.5) is 4.39 Å². The van der Waals surface area contributed by atoms with Crippen molar-refractivity contribution in [1.29, 1.82) is 0 Å². The molecule has 5 rings (SSSR count). The third-order valence-electron chi connectivity index (χ3n) is 5.35. The first-order chi connectivity index (χ1) is 14.1. The molecule has 10 heteroatoms. The SMILES string of the molecule is [Na+].[O-]c1cc(-c2cnc(OC3CC(F)(c4ccnc(OC5CCC5)c4)C3)cn2)on1. The second kappa shape index (κ2) is 8.49. The Morgan fingerprint density at radius 1 is 1.03 bits per heavy atom. The van der Waals surface area contributed by atoms with Crippen LogP contribution in [0.1, 0.15) is 37.7 Å². The van der Waals surface area contributed by atoms with E-state index in [-0.39, 0.29) is 66.2 Å². The van der Waals surface area contributed by atoms with Crippen molar-refractivity contribution in [2.24, 2.45) is 0 Å². The van der Waals surface area contributed by atoms with E-state index in [0.717, 1.165) is 12.8 Å².